The molecule has 0 radical (unpaired) electrons. The van der Waals surface area contributed by atoms with Gasteiger partial charge >= 0.3 is 6.09 Å². The van der Waals surface area contributed by atoms with Crippen LogP contribution in [0.5, 0.6) is 0 Å². The minimum atomic E-state index is -0.592. The molecule has 1 aliphatic heterocycles. The summed E-state index contributed by atoms with van der Waals surface area (Å²) >= 11 is 1.23. The normalized spacial score (nSPS) is 13.8. The van der Waals surface area contributed by atoms with Gasteiger partial charge in [-0.15, -0.1) is 16.8 Å². The highest BCUT2D eigenvalue weighted by Gasteiger charge is 2.28. The number of nitrogens with zero attached hydrogens (tertiary/aromatic N) is 5. The lowest BCUT2D eigenvalue weighted by atomic mass is 10.2. The Balaban J connectivity index is 1.76. The van der Waals surface area contributed by atoms with Crippen molar-refractivity contribution in [1.29, 1.82) is 0 Å². The summed E-state index contributed by atoms with van der Waals surface area (Å²) in [5.41, 5.74) is 0.876. The van der Waals surface area contributed by atoms with Crippen molar-refractivity contribution in [3.63, 3.8) is 0 Å². The molecule has 1 fully saturated rings. The number of allylic oxidation sites excluding steroid dienone is 1. The first-order valence-corrected chi connectivity index (χ1v) is 8.23. The van der Waals surface area contributed by atoms with Crippen molar-refractivity contribution in [1.82, 2.24) is 24.6 Å². The Hall–Kier alpha value is -2.68. The predicted octanol–water partition coefficient (Wildman–Crippen LogP) is 1.60. The highest BCUT2D eigenvalue weighted by molar-refractivity contribution is 7.99. The molecule has 2 amide bonds. The molecule has 3 rings (SSSR count). The molecule has 8 nitrogen and oxygen atoms in total. The van der Waals surface area contributed by atoms with Gasteiger partial charge in [0.1, 0.15) is 6.61 Å². The molecule has 3 heterocycles. The molecule has 0 saturated carbocycles. The quantitative estimate of drug-likeness (QED) is 0.580. The number of hydrogen-bond acceptors (Lipinski definition) is 7. The molecule has 0 bridgehead atoms. The molecule has 0 spiro atoms. The molecular weight excluding hydrogens is 330 g/mol. The Morgan fingerprint density at radius 2 is 2.17 bits per heavy atom. The number of ether oxygens (including phenoxy) is 1. The molecule has 2 aromatic heterocycles. The standard InChI is InChI=1S/C15H15N5O3S/c1-2-7-20-13(11-3-5-16-6-4-11)17-18-14(20)24-10-12(21)19-8-9-23-15(19)22/h2-6H,1,7-10H2. The molecule has 2 aromatic rings. The Labute approximate surface area is 142 Å². The number of aromatic nitrogens is 4. The van der Waals surface area contributed by atoms with Crippen LogP contribution in [-0.4, -0.2) is 55.6 Å². The van der Waals surface area contributed by atoms with Crippen LogP contribution in [0, 0.1) is 0 Å². The number of hydrogen-bond donors (Lipinski definition) is 0. The summed E-state index contributed by atoms with van der Waals surface area (Å²) in [7, 11) is 0. The number of carbonyl (C=O) groups excluding carboxylic acids is 2. The van der Waals surface area contributed by atoms with E-state index in [0.717, 1.165) is 10.5 Å². The third-order valence-electron chi connectivity index (χ3n) is 3.35. The Kier molecular flexibility index (Phi) is 4.90. The first kappa shape index (κ1) is 16.2. The van der Waals surface area contributed by atoms with E-state index in [0.29, 0.717) is 24.1 Å². The van der Waals surface area contributed by atoms with Gasteiger partial charge in [0.2, 0.25) is 5.91 Å². The summed E-state index contributed by atoms with van der Waals surface area (Å²) in [6.45, 7) is 4.79. The highest BCUT2D eigenvalue weighted by Crippen LogP contribution is 2.24. The van der Waals surface area contributed by atoms with Crippen LogP contribution in [0.25, 0.3) is 11.4 Å². The summed E-state index contributed by atoms with van der Waals surface area (Å²) in [5.74, 6) is 0.453. The molecule has 0 unspecified atom stereocenters. The molecular formula is C15H15N5O3S. The van der Waals surface area contributed by atoms with E-state index in [4.69, 9.17) is 4.74 Å². The summed E-state index contributed by atoms with van der Waals surface area (Å²) in [5, 5.41) is 8.93. The summed E-state index contributed by atoms with van der Waals surface area (Å²) in [4.78, 5) is 28.6. The van der Waals surface area contributed by atoms with E-state index in [1.54, 1.807) is 18.5 Å². The highest BCUT2D eigenvalue weighted by atomic mass is 32.2. The van der Waals surface area contributed by atoms with E-state index < -0.39 is 6.09 Å². The van der Waals surface area contributed by atoms with Gasteiger partial charge in [-0.3, -0.25) is 14.3 Å². The van der Waals surface area contributed by atoms with Crippen LogP contribution in [0.1, 0.15) is 0 Å². The van der Waals surface area contributed by atoms with Crippen LogP contribution in [-0.2, 0) is 16.1 Å². The molecule has 0 N–H and O–H groups in total. The van der Waals surface area contributed by atoms with Crippen LogP contribution in [0.3, 0.4) is 0 Å². The van der Waals surface area contributed by atoms with Gasteiger partial charge in [-0.05, 0) is 12.1 Å². The fourth-order valence-electron chi connectivity index (χ4n) is 2.23. The van der Waals surface area contributed by atoms with E-state index in [1.807, 2.05) is 16.7 Å². The fraction of sp³-hybridized carbons (Fsp3) is 0.267. The van der Waals surface area contributed by atoms with Gasteiger partial charge < -0.3 is 4.74 Å². The van der Waals surface area contributed by atoms with Gasteiger partial charge in [-0.25, -0.2) is 9.69 Å². The topological polar surface area (TPSA) is 90.2 Å². The molecule has 1 aliphatic rings. The number of cyclic esters (lactones) is 1. The summed E-state index contributed by atoms with van der Waals surface area (Å²) in [6, 6.07) is 3.67. The van der Waals surface area contributed by atoms with E-state index in [1.165, 1.54) is 11.8 Å². The third kappa shape index (κ3) is 3.30. The summed E-state index contributed by atoms with van der Waals surface area (Å²) in [6.07, 6.45) is 4.50. The molecule has 1 saturated heterocycles. The Morgan fingerprint density at radius 3 is 2.83 bits per heavy atom. The lowest BCUT2D eigenvalue weighted by Crippen LogP contribution is -2.33. The van der Waals surface area contributed by atoms with Gasteiger partial charge in [0.25, 0.3) is 0 Å². The zero-order chi connectivity index (χ0) is 16.9. The number of carbonyl (C=O) groups is 2. The van der Waals surface area contributed by atoms with Crippen LogP contribution < -0.4 is 0 Å². The lowest BCUT2D eigenvalue weighted by molar-refractivity contribution is -0.125. The first-order chi connectivity index (χ1) is 11.7. The summed E-state index contributed by atoms with van der Waals surface area (Å²) < 4.78 is 6.63. The monoisotopic (exact) mass is 345 g/mol. The SMILES string of the molecule is C=CCn1c(SCC(=O)N2CCOC2=O)nnc1-c1ccncc1. The van der Waals surface area contributed by atoms with Gasteiger partial charge in [0, 0.05) is 24.5 Å². The van der Waals surface area contributed by atoms with Crippen LogP contribution >= 0.6 is 11.8 Å². The zero-order valence-corrected chi connectivity index (χ0v) is 13.6. The van der Waals surface area contributed by atoms with E-state index in [-0.39, 0.29) is 18.3 Å². The minimum absolute atomic E-state index is 0.0840. The minimum Gasteiger partial charge on any atom is -0.447 e. The van der Waals surface area contributed by atoms with Gasteiger partial charge in [-0.2, -0.15) is 0 Å². The second-order valence-electron chi connectivity index (χ2n) is 4.89. The van der Waals surface area contributed by atoms with Gasteiger partial charge in [-0.1, -0.05) is 17.8 Å². The second-order valence-corrected chi connectivity index (χ2v) is 5.83. The second kappa shape index (κ2) is 7.26. The van der Waals surface area contributed by atoms with Gasteiger partial charge in [0.15, 0.2) is 11.0 Å². The van der Waals surface area contributed by atoms with Crippen molar-refractivity contribution in [3.05, 3.63) is 37.2 Å². The Bertz CT molecular complexity index is 762. The average Bonchev–Trinajstić information content (AvgIpc) is 3.20. The van der Waals surface area contributed by atoms with Crippen molar-refractivity contribution in [2.75, 3.05) is 18.9 Å². The predicted molar refractivity (Wildman–Crippen MR) is 87.2 cm³/mol. The van der Waals surface area contributed by atoms with Crippen molar-refractivity contribution >= 4 is 23.8 Å². The van der Waals surface area contributed by atoms with Crippen LogP contribution in [0.2, 0.25) is 0 Å². The molecule has 124 valence electrons. The molecule has 0 atom stereocenters. The molecule has 0 aromatic carbocycles. The molecule has 0 aliphatic carbocycles. The van der Waals surface area contributed by atoms with Crippen LogP contribution in [0.15, 0.2) is 42.3 Å². The van der Waals surface area contributed by atoms with Crippen molar-refractivity contribution in [2.45, 2.75) is 11.7 Å². The molecule has 24 heavy (non-hydrogen) atoms. The van der Waals surface area contributed by atoms with E-state index in [2.05, 4.69) is 21.8 Å². The number of pyridine rings is 1. The number of thioether (sulfide) groups is 1. The lowest BCUT2D eigenvalue weighted by Gasteiger charge is -2.10. The van der Waals surface area contributed by atoms with Crippen molar-refractivity contribution in [3.8, 4) is 11.4 Å². The fourth-order valence-corrected chi connectivity index (χ4v) is 3.05. The molecule has 9 heteroatoms. The van der Waals surface area contributed by atoms with Gasteiger partial charge in [0.05, 0.1) is 12.3 Å². The smallest absolute Gasteiger partial charge is 0.416 e. The van der Waals surface area contributed by atoms with Crippen molar-refractivity contribution < 1.29 is 14.3 Å². The number of rotatable bonds is 6. The average molecular weight is 345 g/mol. The van der Waals surface area contributed by atoms with E-state index in [9.17, 15) is 9.59 Å². The maximum atomic E-state index is 12.1. The van der Waals surface area contributed by atoms with Crippen molar-refractivity contribution in [2.24, 2.45) is 0 Å². The number of amides is 2. The largest absolute Gasteiger partial charge is 0.447 e. The zero-order valence-electron chi connectivity index (χ0n) is 12.8. The Morgan fingerprint density at radius 1 is 1.38 bits per heavy atom. The van der Waals surface area contributed by atoms with Crippen LogP contribution in [0.4, 0.5) is 4.79 Å². The first-order valence-electron chi connectivity index (χ1n) is 7.25. The third-order valence-corrected chi connectivity index (χ3v) is 4.31. The maximum absolute atomic E-state index is 12.1. The number of imide groups is 1. The maximum Gasteiger partial charge on any atom is 0.416 e. The van der Waals surface area contributed by atoms with E-state index >= 15 is 0 Å².